The molecule has 5 heteroatoms. The van der Waals surface area contributed by atoms with Gasteiger partial charge in [0.15, 0.2) is 0 Å². The quantitative estimate of drug-likeness (QED) is 0.762. The van der Waals surface area contributed by atoms with Gasteiger partial charge in [-0.25, -0.2) is 0 Å². The standard InChI is InChI=1S/C17H17BrClNO2/c1-12-6-7-15(19)16(10-12)22-9-8-20-17(21)11-13-4-2-3-5-14(13)18/h2-7,10H,8-9,11H2,1H3,(H,20,21). The minimum absolute atomic E-state index is 0.0363. The number of hydrogen-bond donors (Lipinski definition) is 1. The van der Waals surface area contributed by atoms with Crippen LogP contribution < -0.4 is 10.1 Å². The lowest BCUT2D eigenvalue weighted by Crippen LogP contribution is -2.29. The Bertz CT molecular complexity index is 661. The third-order valence-corrected chi connectivity index (χ3v) is 4.16. The van der Waals surface area contributed by atoms with E-state index in [2.05, 4.69) is 21.2 Å². The molecular weight excluding hydrogens is 366 g/mol. The van der Waals surface area contributed by atoms with Gasteiger partial charge in [-0.2, -0.15) is 0 Å². The van der Waals surface area contributed by atoms with Crippen LogP contribution in [0.25, 0.3) is 0 Å². The third kappa shape index (κ3) is 5.04. The van der Waals surface area contributed by atoms with Crippen molar-refractivity contribution in [2.45, 2.75) is 13.3 Å². The van der Waals surface area contributed by atoms with Gasteiger partial charge in [0, 0.05) is 4.47 Å². The van der Waals surface area contributed by atoms with E-state index >= 15 is 0 Å². The summed E-state index contributed by atoms with van der Waals surface area (Å²) in [6.45, 7) is 2.79. The Hall–Kier alpha value is -1.52. The van der Waals surface area contributed by atoms with Crippen molar-refractivity contribution in [3.63, 3.8) is 0 Å². The lowest BCUT2D eigenvalue weighted by atomic mass is 10.1. The first-order valence-electron chi connectivity index (χ1n) is 6.95. The maximum Gasteiger partial charge on any atom is 0.224 e. The average molecular weight is 383 g/mol. The molecule has 0 saturated heterocycles. The number of nitrogens with one attached hydrogen (secondary N) is 1. The molecule has 3 nitrogen and oxygen atoms in total. The van der Waals surface area contributed by atoms with Crippen molar-refractivity contribution in [2.75, 3.05) is 13.2 Å². The molecule has 0 aromatic heterocycles. The van der Waals surface area contributed by atoms with Crippen molar-refractivity contribution in [3.8, 4) is 5.75 Å². The lowest BCUT2D eigenvalue weighted by Gasteiger charge is -2.10. The maximum absolute atomic E-state index is 11.9. The second-order valence-corrected chi connectivity index (χ2v) is 6.16. The first-order valence-corrected chi connectivity index (χ1v) is 8.12. The summed E-state index contributed by atoms with van der Waals surface area (Å²) in [5.74, 6) is 0.604. The predicted molar refractivity (Wildman–Crippen MR) is 92.5 cm³/mol. The molecule has 0 unspecified atom stereocenters. The number of hydrogen-bond acceptors (Lipinski definition) is 2. The van der Waals surface area contributed by atoms with Crippen molar-refractivity contribution in [3.05, 3.63) is 63.1 Å². The molecule has 0 bridgehead atoms. The van der Waals surface area contributed by atoms with Crippen molar-refractivity contribution < 1.29 is 9.53 Å². The van der Waals surface area contributed by atoms with E-state index in [1.54, 1.807) is 6.07 Å². The summed E-state index contributed by atoms with van der Waals surface area (Å²) in [6, 6.07) is 13.3. The summed E-state index contributed by atoms with van der Waals surface area (Å²) in [6.07, 6.45) is 0.340. The molecular formula is C17H17BrClNO2. The average Bonchev–Trinajstić information content (AvgIpc) is 2.49. The summed E-state index contributed by atoms with van der Waals surface area (Å²) in [5.41, 5.74) is 2.04. The van der Waals surface area contributed by atoms with E-state index < -0.39 is 0 Å². The van der Waals surface area contributed by atoms with E-state index in [0.29, 0.717) is 30.3 Å². The highest BCUT2D eigenvalue weighted by atomic mass is 79.9. The number of carbonyl (C=O) groups excluding carboxylic acids is 1. The molecule has 0 aliphatic rings. The topological polar surface area (TPSA) is 38.3 Å². The largest absolute Gasteiger partial charge is 0.490 e. The molecule has 0 aliphatic carbocycles. The van der Waals surface area contributed by atoms with Gasteiger partial charge >= 0.3 is 0 Å². The van der Waals surface area contributed by atoms with Gasteiger partial charge in [0.25, 0.3) is 0 Å². The Morgan fingerprint density at radius 2 is 2.05 bits per heavy atom. The Morgan fingerprint density at radius 3 is 2.82 bits per heavy atom. The number of ether oxygens (including phenoxy) is 1. The molecule has 0 fully saturated rings. The van der Waals surface area contributed by atoms with Gasteiger partial charge in [-0.05, 0) is 36.2 Å². The number of rotatable bonds is 6. The Labute approximate surface area is 143 Å². The highest BCUT2D eigenvalue weighted by Crippen LogP contribution is 2.24. The highest BCUT2D eigenvalue weighted by Gasteiger charge is 2.06. The van der Waals surface area contributed by atoms with Crippen LogP contribution in [0.2, 0.25) is 5.02 Å². The van der Waals surface area contributed by atoms with Crippen LogP contribution in [0.4, 0.5) is 0 Å². The first kappa shape index (κ1) is 16.8. The zero-order valence-electron chi connectivity index (χ0n) is 12.2. The maximum atomic E-state index is 11.9. The molecule has 0 aliphatic heterocycles. The van der Waals surface area contributed by atoms with Crippen molar-refractivity contribution in [1.29, 1.82) is 0 Å². The third-order valence-electron chi connectivity index (χ3n) is 3.08. The van der Waals surface area contributed by atoms with Gasteiger partial charge in [-0.3, -0.25) is 4.79 Å². The molecule has 2 aromatic rings. The molecule has 0 atom stereocenters. The normalized spacial score (nSPS) is 10.3. The lowest BCUT2D eigenvalue weighted by molar-refractivity contribution is -0.120. The molecule has 0 saturated carbocycles. The molecule has 2 rings (SSSR count). The van der Waals surface area contributed by atoms with Crippen LogP contribution in [-0.2, 0) is 11.2 Å². The van der Waals surface area contributed by atoms with Crippen LogP contribution in [0.5, 0.6) is 5.75 Å². The van der Waals surface area contributed by atoms with Crippen LogP contribution >= 0.6 is 27.5 Å². The second kappa shape index (κ2) is 8.20. The number of halogens is 2. The van der Waals surface area contributed by atoms with Gasteiger partial charge in [0.1, 0.15) is 12.4 Å². The summed E-state index contributed by atoms with van der Waals surface area (Å²) in [4.78, 5) is 11.9. The Kier molecular flexibility index (Phi) is 6.28. The van der Waals surface area contributed by atoms with Crippen LogP contribution in [0.1, 0.15) is 11.1 Å². The van der Waals surface area contributed by atoms with Crippen LogP contribution in [0.3, 0.4) is 0 Å². The fourth-order valence-corrected chi connectivity index (χ4v) is 2.55. The number of carbonyl (C=O) groups is 1. The van der Waals surface area contributed by atoms with Gasteiger partial charge < -0.3 is 10.1 Å². The van der Waals surface area contributed by atoms with Gasteiger partial charge in [-0.1, -0.05) is 51.8 Å². The van der Waals surface area contributed by atoms with Gasteiger partial charge in [0.2, 0.25) is 5.91 Å². The van der Waals surface area contributed by atoms with Crippen molar-refractivity contribution in [2.24, 2.45) is 0 Å². The summed E-state index contributed by atoms with van der Waals surface area (Å²) >= 11 is 9.48. The predicted octanol–water partition coefficient (Wildman–Crippen LogP) is 4.15. The van der Waals surface area contributed by atoms with E-state index in [-0.39, 0.29) is 5.91 Å². The summed E-state index contributed by atoms with van der Waals surface area (Å²) in [7, 11) is 0. The molecule has 116 valence electrons. The van der Waals surface area contributed by atoms with Crippen LogP contribution in [-0.4, -0.2) is 19.1 Å². The Balaban J connectivity index is 1.76. The van der Waals surface area contributed by atoms with E-state index in [4.69, 9.17) is 16.3 Å². The van der Waals surface area contributed by atoms with E-state index in [1.165, 1.54) is 0 Å². The number of benzene rings is 2. The molecule has 0 spiro atoms. The first-order chi connectivity index (χ1) is 10.6. The summed E-state index contributed by atoms with van der Waals surface area (Å²) in [5, 5.41) is 3.41. The smallest absolute Gasteiger partial charge is 0.224 e. The molecule has 0 radical (unpaired) electrons. The van der Waals surface area contributed by atoms with E-state index in [1.807, 2.05) is 43.3 Å². The fraction of sp³-hybridized carbons (Fsp3) is 0.235. The minimum Gasteiger partial charge on any atom is -0.490 e. The highest BCUT2D eigenvalue weighted by molar-refractivity contribution is 9.10. The monoisotopic (exact) mass is 381 g/mol. The van der Waals surface area contributed by atoms with Gasteiger partial charge in [-0.15, -0.1) is 0 Å². The number of aryl methyl sites for hydroxylation is 1. The van der Waals surface area contributed by atoms with Crippen LogP contribution in [0.15, 0.2) is 46.9 Å². The molecule has 1 amide bonds. The molecule has 0 heterocycles. The summed E-state index contributed by atoms with van der Waals surface area (Å²) < 4.78 is 6.52. The van der Waals surface area contributed by atoms with Crippen molar-refractivity contribution >= 4 is 33.4 Å². The Morgan fingerprint density at radius 1 is 1.27 bits per heavy atom. The van der Waals surface area contributed by atoms with Crippen LogP contribution in [0, 0.1) is 6.92 Å². The zero-order chi connectivity index (χ0) is 15.9. The zero-order valence-corrected chi connectivity index (χ0v) is 14.6. The second-order valence-electron chi connectivity index (χ2n) is 4.90. The van der Waals surface area contributed by atoms with Gasteiger partial charge in [0.05, 0.1) is 18.0 Å². The number of amides is 1. The van der Waals surface area contributed by atoms with Crippen molar-refractivity contribution in [1.82, 2.24) is 5.32 Å². The SMILES string of the molecule is Cc1ccc(Cl)c(OCCNC(=O)Cc2ccccc2Br)c1. The molecule has 2 aromatic carbocycles. The molecule has 22 heavy (non-hydrogen) atoms. The fourth-order valence-electron chi connectivity index (χ4n) is 1.95. The van der Waals surface area contributed by atoms with E-state index in [9.17, 15) is 4.79 Å². The van der Waals surface area contributed by atoms with E-state index in [0.717, 1.165) is 15.6 Å². The molecule has 1 N–H and O–H groups in total. The minimum atomic E-state index is -0.0363.